The maximum atomic E-state index is 12.8. The van der Waals surface area contributed by atoms with Crippen LogP contribution >= 0.6 is 0 Å². The topological polar surface area (TPSA) is 36.0 Å². The Morgan fingerprint density at radius 1 is 0.875 bits per heavy atom. The van der Waals surface area contributed by atoms with Crippen molar-refractivity contribution < 1.29 is 9.53 Å². The van der Waals surface area contributed by atoms with E-state index in [-0.39, 0.29) is 11.5 Å². The number of rotatable bonds is 4. The van der Waals surface area contributed by atoms with Crippen molar-refractivity contribution in [3.63, 3.8) is 0 Å². The molecule has 3 heterocycles. The van der Waals surface area contributed by atoms with E-state index < -0.39 is 0 Å². The van der Waals surface area contributed by atoms with Crippen molar-refractivity contribution in [3.8, 4) is 0 Å². The summed E-state index contributed by atoms with van der Waals surface area (Å²) in [6, 6.07) is 21.4. The van der Waals surface area contributed by atoms with Crippen LogP contribution in [0.4, 0.5) is 5.69 Å². The van der Waals surface area contributed by atoms with E-state index in [1.54, 1.807) is 0 Å². The van der Waals surface area contributed by atoms with Gasteiger partial charge in [0.1, 0.15) is 0 Å². The number of carbonyl (C=O) groups is 1. The monoisotopic (exact) mass is 433 g/mol. The zero-order valence-electron chi connectivity index (χ0n) is 19.0. The summed E-state index contributed by atoms with van der Waals surface area (Å²) in [6.07, 6.45) is 4.67. The van der Waals surface area contributed by atoms with Gasteiger partial charge in [0.15, 0.2) is 0 Å². The van der Waals surface area contributed by atoms with E-state index in [0.717, 1.165) is 77.1 Å². The first-order valence-corrected chi connectivity index (χ1v) is 12.2. The summed E-state index contributed by atoms with van der Waals surface area (Å²) in [4.78, 5) is 20.0. The second kappa shape index (κ2) is 9.63. The van der Waals surface area contributed by atoms with Crippen LogP contribution in [-0.2, 0) is 16.0 Å². The molecule has 5 heteroatoms. The van der Waals surface area contributed by atoms with Crippen LogP contribution in [0, 0.1) is 0 Å². The molecule has 3 fully saturated rings. The molecule has 3 aliphatic rings. The summed E-state index contributed by atoms with van der Waals surface area (Å²) in [7, 11) is 0. The molecule has 0 N–H and O–H groups in total. The van der Waals surface area contributed by atoms with Gasteiger partial charge in [-0.25, -0.2) is 0 Å². The van der Waals surface area contributed by atoms with Crippen LogP contribution in [0.25, 0.3) is 0 Å². The minimum absolute atomic E-state index is 0.0387. The van der Waals surface area contributed by atoms with Crippen LogP contribution in [0.5, 0.6) is 0 Å². The lowest BCUT2D eigenvalue weighted by Gasteiger charge is -2.50. The number of hydrogen-bond donors (Lipinski definition) is 0. The molecule has 0 bridgehead atoms. The number of piperidine rings is 1. The molecule has 1 atom stereocenters. The van der Waals surface area contributed by atoms with E-state index in [4.69, 9.17) is 4.74 Å². The lowest BCUT2D eigenvalue weighted by atomic mass is 9.81. The molecule has 0 saturated carbocycles. The van der Waals surface area contributed by atoms with Gasteiger partial charge < -0.3 is 14.5 Å². The number of piperazine rings is 1. The summed E-state index contributed by atoms with van der Waals surface area (Å²) in [5.74, 6) is 0.246. The molecular weight excluding hydrogens is 398 g/mol. The molecule has 1 amide bonds. The SMILES string of the molecule is O=C(Cc1ccccc1)N1CCC2(CC1)C[C@H](N1CCN(c3ccccc3)CC1)CCO2. The van der Waals surface area contributed by atoms with Gasteiger partial charge in [0.05, 0.1) is 12.0 Å². The molecule has 170 valence electrons. The molecule has 32 heavy (non-hydrogen) atoms. The van der Waals surface area contributed by atoms with Gasteiger partial charge in [0, 0.05) is 57.6 Å². The molecule has 0 aliphatic carbocycles. The molecule has 3 saturated heterocycles. The molecule has 2 aromatic rings. The Morgan fingerprint density at radius 3 is 2.22 bits per heavy atom. The Kier molecular flexibility index (Phi) is 6.47. The Hall–Kier alpha value is -2.37. The number of ether oxygens (including phenoxy) is 1. The minimum Gasteiger partial charge on any atom is -0.375 e. The average molecular weight is 434 g/mol. The highest BCUT2D eigenvalue weighted by atomic mass is 16.5. The Balaban J connectivity index is 1.12. The first kappa shape index (κ1) is 21.5. The Morgan fingerprint density at radius 2 is 1.53 bits per heavy atom. The van der Waals surface area contributed by atoms with Gasteiger partial charge >= 0.3 is 0 Å². The third kappa shape index (κ3) is 4.84. The van der Waals surface area contributed by atoms with Crippen molar-refractivity contribution in [2.45, 2.75) is 43.7 Å². The first-order chi connectivity index (χ1) is 15.7. The predicted octanol–water partition coefficient (Wildman–Crippen LogP) is 3.59. The molecule has 0 unspecified atom stereocenters. The van der Waals surface area contributed by atoms with Gasteiger partial charge in [-0.15, -0.1) is 0 Å². The van der Waals surface area contributed by atoms with Gasteiger partial charge in [-0.05, 0) is 43.4 Å². The van der Waals surface area contributed by atoms with Gasteiger partial charge in [0.2, 0.25) is 5.91 Å². The molecule has 2 aromatic carbocycles. The number of likely N-dealkylation sites (tertiary alicyclic amines) is 1. The highest BCUT2D eigenvalue weighted by Gasteiger charge is 2.42. The maximum Gasteiger partial charge on any atom is 0.226 e. The highest BCUT2D eigenvalue weighted by Crippen LogP contribution is 2.37. The van der Waals surface area contributed by atoms with Gasteiger partial charge in [0.25, 0.3) is 0 Å². The van der Waals surface area contributed by atoms with Crippen molar-refractivity contribution in [1.82, 2.24) is 9.80 Å². The zero-order valence-corrected chi connectivity index (χ0v) is 19.0. The number of carbonyl (C=O) groups excluding carboxylic acids is 1. The third-order valence-electron chi connectivity index (χ3n) is 7.64. The fourth-order valence-electron chi connectivity index (χ4n) is 5.69. The molecular formula is C27H35N3O2. The molecule has 3 aliphatic heterocycles. The lowest BCUT2D eigenvalue weighted by molar-refractivity contribution is -0.148. The first-order valence-electron chi connectivity index (χ1n) is 12.2. The van der Waals surface area contributed by atoms with E-state index in [1.165, 1.54) is 5.69 Å². The van der Waals surface area contributed by atoms with Crippen LogP contribution in [-0.4, -0.2) is 73.2 Å². The third-order valence-corrected chi connectivity index (χ3v) is 7.64. The minimum atomic E-state index is -0.0387. The fraction of sp³-hybridized carbons (Fsp3) is 0.519. The maximum absolute atomic E-state index is 12.8. The zero-order chi connectivity index (χ0) is 21.8. The van der Waals surface area contributed by atoms with Crippen molar-refractivity contribution in [2.75, 3.05) is 50.8 Å². The molecule has 0 radical (unpaired) electrons. The van der Waals surface area contributed by atoms with Crippen molar-refractivity contribution >= 4 is 11.6 Å². The molecule has 1 spiro atoms. The normalized spacial score (nSPS) is 23.9. The summed E-state index contributed by atoms with van der Waals surface area (Å²) in [6.45, 7) is 6.92. The van der Waals surface area contributed by atoms with Crippen LogP contribution in [0.2, 0.25) is 0 Å². The van der Waals surface area contributed by atoms with Crippen molar-refractivity contribution in [3.05, 3.63) is 66.2 Å². The number of benzene rings is 2. The van der Waals surface area contributed by atoms with Gasteiger partial charge in [-0.3, -0.25) is 9.69 Å². The quantitative estimate of drug-likeness (QED) is 0.738. The van der Waals surface area contributed by atoms with E-state index in [9.17, 15) is 4.79 Å². The van der Waals surface area contributed by atoms with Crippen molar-refractivity contribution in [1.29, 1.82) is 0 Å². The lowest BCUT2D eigenvalue weighted by Crippen LogP contribution is -2.57. The number of anilines is 1. The van der Waals surface area contributed by atoms with E-state index in [1.807, 2.05) is 35.2 Å². The summed E-state index contributed by atoms with van der Waals surface area (Å²) >= 11 is 0. The standard InChI is InChI=1S/C27H35N3O2/c31-26(21-23-7-3-1-4-8-23)30-14-12-27(13-15-30)22-25(11-20-32-27)29-18-16-28(17-19-29)24-9-5-2-6-10-24/h1-10,25H,11-22H2/t25-/m1/s1. The number of hydrogen-bond acceptors (Lipinski definition) is 4. The number of nitrogens with zero attached hydrogens (tertiary/aromatic N) is 3. The number of amides is 1. The highest BCUT2D eigenvalue weighted by molar-refractivity contribution is 5.78. The smallest absolute Gasteiger partial charge is 0.226 e. The van der Waals surface area contributed by atoms with E-state index in [2.05, 4.69) is 40.1 Å². The van der Waals surface area contributed by atoms with Gasteiger partial charge in [-0.1, -0.05) is 48.5 Å². The molecule has 0 aromatic heterocycles. The second-order valence-electron chi connectivity index (χ2n) is 9.58. The largest absolute Gasteiger partial charge is 0.375 e. The average Bonchev–Trinajstić information content (AvgIpc) is 2.86. The summed E-state index contributed by atoms with van der Waals surface area (Å²) in [5, 5.41) is 0. The number of para-hydroxylation sites is 1. The van der Waals surface area contributed by atoms with Gasteiger partial charge in [-0.2, -0.15) is 0 Å². The van der Waals surface area contributed by atoms with Crippen LogP contribution in [0.3, 0.4) is 0 Å². The van der Waals surface area contributed by atoms with E-state index >= 15 is 0 Å². The molecule has 5 nitrogen and oxygen atoms in total. The molecule has 5 rings (SSSR count). The van der Waals surface area contributed by atoms with Crippen LogP contribution in [0.15, 0.2) is 60.7 Å². The van der Waals surface area contributed by atoms with Crippen LogP contribution < -0.4 is 4.90 Å². The summed E-state index contributed by atoms with van der Waals surface area (Å²) in [5.41, 5.74) is 2.40. The second-order valence-corrected chi connectivity index (χ2v) is 9.58. The Bertz CT molecular complexity index is 872. The Labute approximate surface area is 191 Å². The van der Waals surface area contributed by atoms with Crippen LogP contribution in [0.1, 0.15) is 31.2 Å². The van der Waals surface area contributed by atoms with Crippen molar-refractivity contribution in [2.24, 2.45) is 0 Å². The predicted molar refractivity (Wildman–Crippen MR) is 128 cm³/mol. The fourth-order valence-corrected chi connectivity index (χ4v) is 5.69. The summed E-state index contributed by atoms with van der Waals surface area (Å²) < 4.78 is 6.39. The van der Waals surface area contributed by atoms with E-state index in [0.29, 0.717) is 12.5 Å².